The minimum Gasteiger partial charge on any atom is -0.371 e. The predicted octanol–water partition coefficient (Wildman–Crippen LogP) is 2.70. The van der Waals surface area contributed by atoms with Gasteiger partial charge in [-0.3, -0.25) is 4.68 Å². The number of aromatic nitrogens is 2. The highest BCUT2D eigenvalue weighted by molar-refractivity contribution is 5.30. The number of ether oxygens (including phenoxy) is 1. The highest BCUT2D eigenvalue weighted by atomic mass is 16.5. The van der Waals surface area contributed by atoms with Crippen LogP contribution in [0.4, 0.5) is 0 Å². The van der Waals surface area contributed by atoms with Gasteiger partial charge in [0, 0.05) is 18.3 Å². The van der Waals surface area contributed by atoms with Gasteiger partial charge in [-0.05, 0) is 30.5 Å². The molecule has 0 aliphatic carbocycles. The van der Waals surface area contributed by atoms with Gasteiger partial charge in [-0.25, -0.2) is 0 Å². The van der Waals surface area contributed by atoms with Crippen LogP contribution in [0, 0.1) is 0 Å². The van der Waals surface area contributed by atoms with Gasteiger partial charge in [0.25, 0.3) is 0 Å². The molecule has 0 fully saturated rings. The van der Waals surface area contributed by atoms with Gasteiger partial charge in [-0.1, -0.05) is 31.2 Å². The molecule has 21 heavy (non-hydrogen) atoms. The number of hydrogen-bond acceptors (Lipinski definition) is 3. The zero-order chi connectivity index (χ0) is 14.5. The molecule has 1 atom stereocenters. The summed E-state index contributed by atoms with van der Waals surface area (Å²) in [6.45, 7) is 5.69. The lowest BCUT2D eigenvalue weighted by atomic mass is 9.98. The van der Waals surface area contributed by atoms with E-state index >= 15 is 0 Å². The third-order valence-corrected chi connectivity index (χ3v) is 3.89. The topological polar surface area (TPSA) is 39.1 Å². The summed E-state index contributed by atoms with van der Waals surface area (Å²) >= 11 is 0. The summed E-state index contributed by atoms with van der Waals surface area (Å²) in [6.07, 6.45) is 6.34. The Bertz CT molecular complexity index is 579. The highest BCUT2D eigenvalue weighted by Gasteiger charge is 2.20. The maximum absolute atomic E-state index is 5.94. The van der Waals surface area contributed by atoms with E-state index in [4.69, 9.17) is 4.74 Å². The first-order chi connectivity index (χ1) is 10.4. The monoisotopic (exact) mass is 285 g/mol. The number of rotatable bonds is 6. The molecule has 1 aliphatic heterocycles. The van der Waals surface area contributed by atoms with Crippen molar-refractivity contribution in [2.24, 2.45) is 0 Å². The first-order valence-corrected chi connectivity index (χ1v) is 7.78. The maximum atomic E-state index is 5.94. The Balaban J connectivity index is 1.65. The van der Waals surface area contributed by atoms with Crippen LogP contribution >= 0.6 is 0 Å². The van der Waals surface area contributed by atoms with Crippen molar-refractivity contribution in [2.45, 2.75) is 39.0 Å². The van der Waals surface area contributed by atoms with Crippen LogP contribution in [0.2, 0.25) is 0 Å². The molecule has 0 bridgehead atoms. The van der Waals surface area contributed by atoms with E-state index in [1.807, 2.05) is 10.9 Å². The van der Waals surface area contributed by atoms with Crippen molar-refractivity contribution in [3.63, 3.8) is 0 Å². The Labute approximate surface area is 126 Å². The van der Waals surface area contributed by atoms with Crippen LogP contribution < -0.4 is 5.32 Å². The molecule has 1 aromatic heterocycles. The average Bonchev–Trinajstić information content (AvgIpc) is 2.96. The Morgan fingerprint density at radius 2 is 2.29 bits per heavy atom. The van der Waals surface area contributed by atoms with Gasteiger partial charge in [0.2, 0.25) is 0 Å². The predicted molar refractivity (Wildman–Crippen MR) is 83.1 cm³/mol. The van der Waals surface area contributed by atoms with Gasteiger partial charge in [0.05, 0.1) is 19.3 Å². The Hall–Kier alpha value is -1.65. The molecule has 2 aromatic rings. The fourth-order valence-electron chi connectivity index (χ4n) is 2.80. The van der Waals surface area contributed by atoms with Gasteiger partial charge in [-0.15, -0.1) is 0 Å². The van der Waals surface area contributed by atoms with Crippen molar-refractivity contribution in [3.8, 4) is 0 Å². The summed E-state index contributed by atoms with van der Waals surface area (Å²) in [7, 11) is 0. The quantitative estimate of drug-likeness (QED) is 0.829. The van der Waals surface area contributed by atoms with E-state index in [2.05, 4.69) is 47.8 Å². The van der Waals surface area contributed by atoms with E-state index in [-0.39, 0.29) is 6.10 Å². The Kier molecular flexibility index (Phi) is 4.68. The average molecular weight is 285 g/mol. The van der Waals surface area contributed by atoms with E-state index in [1.54, 1.807) is 0 Å². The fourth-order valence-corrected chi connectivity index (χ4v) is 2.80. The van der Waals surface area contributed by atoms with Crippen molar-refractivity contribution in [1.82, 2.24) is 15.1 Å². The number of fused-ring (bicyclic) bond motifs is 1. The van der Waals surface area contributed by atoms with Crippen LogP contribution in [0.25, 0.3) is 0 Å². The van der Waals surface area contributed by atoms with E-state index in [9.17, 15) is 0 Å². The zero-order valence-electron chi connectivity index (χ0n) is 12.6. The molecular weight excluding hydrogens is 262 g/mol. The molecule has 112 valence electrons. The molecular formula is C17H23N3O. The normalized spacial score (nSPS) is 17.7. The summed E-state index contributed by atoms with van der Waals surface area (Å²) in [4.78, 5) is 0. The number of nitrogens with zero attached hydrogens (tertiary/aromatic N) is 2. The van der Waals surface area contributed by atoms with Crippen molar-refractivity contribution in [1.29, 1.82) is 0 Å². The molecule has 1 aromatic carbocycles. The molecule has 0 amide bonds. The van der Waals surface area contributed by atoms with E-state index in [0.29, 0.717) is 0 Å². The van der Waals surface area contributed by atoms with Gasteiger partial charge >= 0.3 is 0 Å². The minimum absolute atomic E-state index is 0.117. The summed E-state index contributed by atoms with van der Waals surface area (Å²) in [6, 6.07) is 8.57. The Morgan fingerprint density at radius 3 is 3.19 bits per heavy atom. The fraction of sp³-hybridized carbons (Fsp3) is 0.471. The van der Waals surface area contributed by atoms with Gasteiger partial charge in [-0.2, -0.15) is 5.10 Å². The van der Waals surface area contributed by atoms with Gasteiger partial charge < -0.3 is 10.1 Å². The van der Waals surface area contributed by atoms with Crippen LogP contribution in [0.1, 0.15) is 36.1 Å². The molecule has 2 heterocycles. The van der Waals surface area contributed by atoms with Gasteiger partial charge in [0.15, 0.2) is 0 Å². The Morgan fingerprint density at radius 1 is 1.38 bits per heavy atom. The van der Waals surface area contributed by atoms with Crippen LogP contribution in [0.15, 0.2) is 36.7 Å². The third kappa shape index (κ3) is 3.52. The molecule has 4 nitrogen and oxygen atoms in total. The molecule has 1 N–H and O–H groups in total. The molecule has 1 aliphatic rings. The molecule has 0 saturated heterocycles. The third-order valence-electron chi connectivity index (χ3n) is 3.89. The second-order valence-electron chi connectivity index (χ2n) is 5.56. The number of benzene rings is 1. The molecule has 0 spiro atoms. The van der Waals surface area contributed by atoms with Crippen LogP contribution in [-0.2, 0) is 24.2 Å². The summed E-state index contributed by atoms with van der Waals surface area (Å²) in [5.41, 5.74) is 3.95. The van der Waals surface area contributed by atoms with Crippen molar-refractivity contribution >= 4 is 0 Å². The van der Waals surface area contributed by atoms with E-state index < -0.39 is 0 Å². The summed E-state index contributed by atoms with van der Waals surface area (Å²) in [5.74, 6) is 0. The van der Waals surface area contributed by atoms with Gasteiger partial charge in [0.1, 0.15) is 6.10 Å². The molecule has 4 heteroatoms. The lowest BCUT2D eigenvalue weighted by Crippen LogP contribution is -2.20. The van der Waals surface area contributed by atoms with Crippen LogP contribution in [-0.4, -0.2) is 22.9 Å². The number of hydrogen-bond donors (Lipinski definition) is 1. The lowest BCUT2D eigenvalue weighted by Gasteiger charge is -2.25. The first-order valence-electron chi connectivity index (χ1n) is 7.78. The maximum Gasteiger partial charge on any atom is 0.102 e. The van der Waals surface area contributed by atoms with Crippen LogP contribution in [0.5, 0.6) is 0 Å². The second-order valence-corrected chi connectivity index (χ2v) is 5.56. The molecule has 1 unspecified atom stereocenters. The van der Waals surface area contributed by atoms with E-state index in [0.717, 1.165) is 39.1 Å². The van der Waals surface area contributed by atoms with Crippen molar-refractivity contribution < 1.29 is 4.74 Å². The highest BCUT2D eigenvalue weighted by Crippen LogP contribution is 2.28. The molecule has 0 saturated carbocycles. The van der Waals surface area contributed by atoms with Crippen LogP contribution in [0.3, 0.4) is 0 Å². The first kappa shape index (κ1) is 14.3. The zero-order valence-corrected chi connectivity index (χ0v) is 12.6. The standard InChI is InChI=1S/C17H23N3O/c1-2-8-18-10-14-11-19-20(12-14)13-17-16-6-4-3-5-15(16)7-9-21-17/h3-6,11-12,17-18H,2,7-10,13H2,1H3. The molecule has 0 radical (unpaired) electrons. The summed E-state index contributed by atoms with van der Waals surface area (Å²) < 4.78 is 7.94. The van der Waals surface area contributed by atoms with Crippen molar-refractivity contribution in [3.05, 3.63) is 53.3 Å². The van der Waals surface area contributed by atoms with E-state index in [1.165, 1.54) is 16.7 Å². The second kappa shape index (κ2) is 6.87. The SMILES string of the molecule is CCCNCc1cnn(CC2OCCc3ccccc32)c1. The minimum atomic E-state index is 0.117. The smallest absolute Gasteiger partial charge is 0.102 e. The number of nitrogens with one attached hydrogen (secondary N) is 1. The lowest BCUT2D eigenvalue weighted by molar-refractivity contribution is 0.0283. The van der Waals surface area contributed by atoms with Crippen molar-refractivity contribution in [2.75, 3.05) is 13.2 Å². The molecule has 3 rings (SSSR count). The summed E-state index contributed by atoms with van der Waals surface area (Å²) in [5, 5.41) is 7.86. The largest absolute Gasteiger partial charge is 0.371 e.